The number of nitrogens with zero attached hydrogens (tertiary/aromatic N) is 6. The standard InChI is InChI=1S/C21H18N6O2/c1-3-19-18-9-15-8-13(4-6-17(15)27(18)21(28)29-19)14-5-7-20(23-10-14)26-12-16(11-22-2)24-25-26/h4-8,10,12,18-19H,3,9,11H2,1H3/t18-,19-/m0/s1. The number of amides is 1. The first-order valence-corrected chi connectivity index (χ1v) is 9.52. The van der Waals surface area contributed by atoms with Crippen molar-refractivity contribution in [3.05, 3.63) is 65.4 Å². The highest BCUT2D eigenvalue weighted by molar-refractivity contribution is 5.94. The molecule has 5 rings (SSSR count). The third-order valence-electron chi connectivity index (χ3n) is 5.48. The monoisotopic (exact) mass is 386 g/mol. The van der Waals surface area contributed by atoms with Crippen molar-refractivity contribution in [1.29, 1.82) is 0 Å². The molecule has 1 aromatic carbocycles. The predicted molar refractivity (Wildman–Crippen MR) is 105 cm³/mol. The summed E-state index contributed by atoms with van der Waals surface area (Å²) in [6.45, 7) is 9.16. The van der Waals surface area contributed by atoms with Gasteiger partial charge in [-0.3, -0.25) is 4.90 Å². The Morgan fingerprint density at radius 1 is 1.28 bits per heavy atom. The highest BCUT2D eigenvalue weighted by atomic mass is 16.6. The molecule has 0 radical (unpaired) electrons. The van der Waals surface area contributed by atoms with Crippen LogP contribution in [0.3, 0.4) is 0 Å². The van der Waals surface area contributed by atoms with Gasteiger partial charge in [-0.2, -0.15) is 0 Å². The fourth-order valence-corrected chi connectivity index (χ4v) is 4.07. The third kappa shape index (κ3) is 2.83. The van der Waals surface area contributed by atoms with Gasteiger partial charge >= 0.3 is 6.09 Å². The van der Waals surface area contributed by atoms with Crippen LogP contribution in [0.25, 0.3) is 21.8 Å². The topological polar surface area (TPSA) is 77.5 Å². The molecule has 3 aromatic rings. The Bertz CT molecular complexity index is 1130. The molecule has 0 saturated carbocycles. The summed E-state index contributed by atoms with van der Waals surface area (Å²) in [6.07, 6.45) is 4.85. The van der Waals surface area contributed by atoms with Crippen LogP contribution in [0.4, 0.5) is 10.5 Å². The van der Waals surface area contributed by atoms with Gasteiger partial charge in [0.2, 0.25) is 0 Å². The summed E-state index contributed by atoms with van der Waals surface area (Å²) in [5.41, 5.74) is 4.76. The predicted octanol–water partition coefficient (Wildman–Crippen LogP) is 3.41. The summed E-state index contributed by atoms with van der Waals surface area (Å²) in [5, 5.41) is 7.99. The van der Waals surface area contributed by atoms with E-state index in [1.165, 1.54) is 0 Å². The largest absolute Gasteiger partial charge is 0.444 e. The average molecular weight is 386 g/mol. The summed E-state index contributed by atoms with van der Waals surface area (Å²) < 4.78 is 7.04. The summed E-state index contributed by atoms with van der Waals surface area (Å²) in [7, 11) is 0. The summed E-state index contributed by atoms with van der Waals surface area (Å²) >= 11 is 0. The van der Waals surface area contributed by atoms with E-state index in [-0.39, 0.29) is 24.8 Å². The summed E-state index contributed by atoms with van der Waals surface area (Å²) in [5.74, 6) is 0.646. The SMILES string of the molecule is [C-]#[N+]Cc1cn(-c2ccc(-c3ccc4c(c3)C[C@H]3[C@H](CC)OC(=O)N43)cn2)nn1. The maximum atomic E-state index is 12.2. The number of cyclic esters (lactones) is 1. The Balaban J connectivity index is 1.41. The number of anilines is 1. The first kappa shape index (κ1) is 17.4. The number of rotatable bonds is 4. The molecular weight excluding hydrogens is 368 g/mol. The van der Waals surface area contributed by atoms with Crippen LogP contribution in [0.1, 0.15) is 24.6 Å². The average Bonchev–Trinajstić information content (AvgIpc) is 3.43. The number of carbonyl (C=O) groups is 1. The molecule has 8 nitrogen and oxygen atoms in total. The van der Waals surface area contributed by atoms with Crippen molar-refractivity contribution >= 4 is 11.8 Å². The van der Waals surface area contributed by atoms with Gasteiger partial charge in [0.15, 0.2) is 11.5 Å². The second-order valence-electron chi connectivity index (χ2n) is 7.19. The maximum absolute atomic E-state index is 12.2. The van der Waals surface area contributed by atoms with E-state index in [1.807, 2.05) is 31.2 Å². The van der Waals surface area contributed by atoms with E-state index in [9.17, 15) is 4.79 Å². The number of ether oxygens (including phenoxy) is 1. The lowest BCUT2D eigenvalue weighted by Gasteiger charge is -2.15. The van der Waals surface area contributed by atoms with Gasteiger partial charge in [0.25, 0.3) is 6.54 Å². The highest BCUT2D eigenvalue weighted by Gasteiger charge is 2.46. The van der Waals surface area contributed by atoms with Gasteiger partial charge in [-0.05, 0) is 48.2 Å². The zero-order valence-electron chi connectivity index (χ0n) is 15.8. The van der Waals surface area contributed by atoms with Crippen LogP contribution in [0.5, 0.6) is 0 Å². The first-order chi connectivity index (χ1) is 14.2. The van der Waals surface area contributed by atoms with E-state index in [4.69, 9.17) is 11.3 Å². The number of fused-ring (bicyclic) bond motifs is 3. The Kier molecular flexibility index (Phi) is 4.02. The first-order valence-electron chi connectivity index (χ1n) is 9.52. The molecule has 1 saturated heterocycles. The third-order valence-corrected chi connectivity index (χ3v) is 5.48. The quantitative estimate of drug-likeness (QED) is 0.642. The molecule has 0 spiro atoms. The molecule has 2 atom stereocenters. The zero-order chi connectivity index (χ0) is 20.0. The Labute approximate surface area is 167 Å². The number of carbonyl (C=O) groups excluding carboxylic acids is 1. The zero-order valence-corrected chi connectivity index (χ0v) is 15.8. The van der Waals surface area contributed by atoms with Gasteiger partial charge < -0.3 is 9.58 Å². The van der Waals surface area contributed by atoms with E-state index in [0.29, 0.717) is 11.5 Å². The van der Waals surface area contributed by atoms with Gasteiger partial charge in [0, 0.05) is 11.8 Å². The molecule has 4 heterocycles. The van der Waals surface area contributed by atoms with E-state index in [1.54, 1.807) is 22.0 Å². The van der Waals surface area contributed by atoms with E-state index < -0.39 is 0 Å². The fraction of sp³-hybridized carbons (Fsp3) is 0.286. The molecule has 2 aliphatic rings. The van der Waals surface area contributed by atoms with Crippen LogP contribution >= 0.6 is 0 Å². The van der Waals surface area contributed by atoms with Gasteiger partial charge in [0.1, 0.15) is 6.10 Å². The second-order valence-corrected chi connectivity index (χ2v) is 7.19. The molecule has 8 heteroatoms. The smallest absolute Gasteiger partial charge is 0.415 e. The molecular formula is C21H18N6O2. The van der Waals surface area contributed by atoms with Crippen LogP contribution < -0.4 is 4.90 Å². The van der Waals surface area contributed by atoms with E-state index in [0.717, 1.165) is 35.2 Å². The number of hydrogen-bond donors (Lipinski definition) is 0. The van der Waals surface area contributed by atoms with Crippen molar-refractivity contribution in [2.45, 2.75) is 38.5 Å². The molecule has 0 aliphatic carbocycles. The molecule has 2 aliphatic heterocycles. The molecule has 0 bridgehead atoms. The van der Waals surface area contributed by atoms with Crippen molar-refractivity contribution in [1.82, 2.24) is 20.0 Å². The molecule has 1 amide bonds. The van der Waals surface area contributed by atoms with Gasteiger partial charge in [0.05, 0.1) is 17.9 Å². The van der Waals surface area contributed by atoms with Gasteiger partial charge in [-0.25, -0.2) is 21.0 Å². The second kappa shape index (κ2) is 6.71. The molecule has 29 heavy (non-hydrogen) atoms. The van der Waals surface area contributed by atoms with Crippen molar-refractivity contribution in [2.24, 2.45) is 0 Å². The lowest BCUT2D eigenvalue weighted by molar-refractivity contribution is 0.129. The number of pyridine rings is 1. The Hall–Kier alpha value is -3.73. The number of hydrogen-bond acceptors (Lipinski definition) is 5. The molecule has 2 aromatic heterocycles. The summed E-state index contributed by atoms with van der Waals surface area (Å²) in [6, 6.07) is 10.1. The van der Waals surface area contributed by atoms with Crippen molar-refractivity contribution in [2.75, 3.05) is 4.90 Å². The Morgan fingerprint density at radius 2 is 2.14 bits per heavy atom. The molecule has 0 N–H and O–H groups in total. The summed E-state index contributed by atoms with van der Waals surface area (Å²) in [4.78, 5) is 21.8. The minimum absolute atomic E-state index is 0.0466. The lowest BCUT2D eigenvalue weighted by Crippen LogP contribution is -2.32. The van der Waals surface area contributed by atoms with Crippen molar-refractivity contribution in [3.63, 3.8) is 0 Å². The highest BCUT2D eigenvalue weighted by Crippen LogP contribution is 2.41. The minimum atomic E-state index is -0.246. The van der Waals surface area contributed by atoms with Crippen LogP contribution in [0.2, 0.25) is 0 Å². The van der Waals surface area contributed by atoms with Crippen LogP contribution in [-0.2, 0) is 17.7 Å². The maximum Gasteiger partial charge on any atom is 0.415 e. The molecule has 1 fully saturated rings. The molecule has 0 unspecified atom stereocenters. The lowest BCUT2D eigenvalue weighted by atomic mass is 10.0. The normalized spacial score (nSPS) is 19.6. The van der Waals surface area contributed by atoms with Crippen LogP contribution in [0, 0.1) is 6.57 Å². The van der Waals surface area contributed by atoms with E-state index in [2.05, 4.69) is 26.2 Å². The number of benzene rings is 1. The fourth-order valence-electron chi connectivity index (χ4n) is 4.07. The van der Waals surface area contributed by atoms with Gasteiger partial charge in [-0.15, -0.1) is 5.10 Å². The number of aromatic nitrogens is 4. The van der Waals surface area contributed by atoms with E-state index >= 15 is 0 Å². The van der Waals surface area contributed by atoms with Crippen molar-refractivity contribution in [3.8, 4) is 16.9 Å². The van der Waals surface area contributed by atoms with Crippen LogP contribution in [-0.4, -0.2) is 38.2 Å². The van der Waals surface area contributed by atoms with Gasteiger partial charge in [-0.1, -0.05) is 18.2 Å². The Morgan fingerprint density at radius 3 is 2.90 bits per heavy atom. The van der Waals surface area contributed by atoms with Crippen LogP contribution in [0.15, 0.2) is 42.7 Å². The minimum Gasteiger partial charge on any atom is -0.444 e. The molecule has 144 valence electrons. The van der Waals surface area contributed by atoms with Crippen molar-refractivity contribution < 1.29 is 9.53 Å².